The SMILES string of the molecule is COc1cccc([C@]2(CC(=O)N3CC[C@@H](c4ccc(F)cc4)C3)CC(=O)N(CCN(C)C)C2=O)c1. The second-order valence-electron chi connectivity index (χ2n) is 9.70. The van der Waals surface area contributed by atoms with E-state index in [0.717, 1.165) is 12.0 Å². The Morgan fingerprint density at radius 1 is 1.17 bits per heavy atom. The van der Waals surface area contributed by atoms with Crippen LogP contribution in [-0.4, -0.2) is 79.8 Å². The average Bonchev–Trinajstić information content (AvgIpc) is 3.42. The minimum absolute atomic E-state index is 0.0482. The van der Waals surface area contributed by atoms with Gasteiger partial charge >= 0.3 is 0 Å². The van der Waals surface area contributed by atoms with Gasteiger partial charge < -0.3 is 14.5 Å². The summed E-state index contributed by atoms with van der Waals surface area (Å²) in [6.07, 6.45) is 0.637. The fourth-order valence-electron chi connectivity index (χ4n) is 5.08. The highest BCUT2D eigenvalue weighted by Crippen LogP contribution is 2.42. The smallest absolute Gasteiger partial charge is 0.240 e. The van der Waals surface area contributed by atoms with Gasteiger partial charge in [0.15, 0.2) is 0 Å². The molecule has 186 valence electrons. The van der Waals surface area contributed by atoms with E-state index in [9.17, 15) is 18.8 Å². The largest absolute Gasteiger partial charge is 0.497 e. The quantitative estimate of drug-likeness (QED) is 0.543. The molecule has 2 aliphatic rings. The van der Waals surface area contributed by atoms with E-state index < -0.39 is 5.41 Å². The molecule has 7 nitrogen and oxygen atoms in total. The Balaban J connectivity index is 1.59. The lowest BCUT2D eigenvalue weighted by Gasteiger charge is -2.29. The van der Waals surface area contributed by atoms with Gasteiger partial charge in [0.1, 0.15) is 11.6 Å². The number of hydrogen-bond donors (Lipinski definition) is 0. The van der Waals surface area contributed by atoms with E-state index in [2.05, 4.69) is 0 Å². The van der Waals surface area contributed by atoms with Crippen LogP contribution in [0.4, 0.5) is 4.39 Å². The summed E-state index contributed by atoms with van der Waals surface area (Å²) in [4.78, 5) is 45.3. The van der Waals surface area contributed by atoms with Crippen LogP contribution >= 0.6 is 0 Å². The highest BCUT2D eigenvalue weighted by atomic mass is 19.1. The van der Waals surface area contributed by atoms with E-state index in [4.69, 9.17) is 4.74 Å². The number of imide groups is 1. The predicted octanol–water partition coefficient (Wildman–Crippen LogP) is 2.80. The van der Waals surface area contributed by atoms with Gasteiger partial charge in [-0.25, -0.2) is 4.39 Å². The van der Waals surface area contributed by atoms with Crippen molar-refractivity contribution in [2.75, 3.05) is 47.4 Å². The molecule has 2 aromatic carbocycles. The van der Waals surface area contributed by atoms with Crippen LogP contribution in [0.1, 0.15) is 36.3 Å². The average molecular weight is 482 g/mol. The number of likely N-dealkylation sites (tertiary alicyclic amines) is 2. The van der Waals surface area contributed by atoms with Gasteiger partial charge in [-0.1, -0.05) is 24.3 Å². The Labute approximate surface area is 205 Å². The van der Waals surface area contributed by atoms with E-state index >= 15 is 0 Å². The van der Waals surface area contributed by atoms with Crippen molar-refractivity contribution >= 4 is 17.7 Å². The second-order valence-corrected chi connectivity index (χ2v) is 9.70. The molecule has 0 saturated carbocycles. The summed E-state index contributed by atoms with van der Waals surface area (Å²) < 4.78 is 18.7. The molecule has 0 spiro atoms. The zero-order valence-electron chi connectivity index (χ0n) is 20.5. The fraction of sp³-hybridized carbons (Fsp3) is 0.444. The summed E-state index contributed by atoms with van der Waals surface area (Å²) in [5.41, 5.74) is 0.347. The van der Waals surface area contributed by atoms with E-state index in [1.807, 2.05) is 19.0 Å². The Kier molecular flexibility index (Phi) is 7.21. The van der Waals surface area contributed by atoms with E-state index in [1.54, 1.807) is 48.4 Å². The molecule has 3 amide bonds. The van der Waals surface area contributed by atoms with E-state index in [-0.39, 0.29) is 48.8 Å². The van der Waals surface area contributed by atoms with Crippen molar-refractivity contribution in [2.24, 2.45) is 0 Å². The first kappa shape index (κ1) is 24.9. The highest BCUT2D eigenvalue weighted by molar-refractivity contribution is 6.10. The number of rotatable bonds is 8. The number of halogens is 1. The molecule has 2 saturated heterocycles. The van der Waals surface area contributed by atoms with Crippen molar-refractivity contribution in [2.45, 2.75) is 30.6 Å². The number of likely N-dealkylation sites (N-methyl/N-ethyl adjacent to an activating group) is 1. The minimum atomic E-state index is -1.26. The van der Waals surface area contributed by atoms with Crippen LogP contribution in [0.25, 0.3) is 0 Å². The van der Waals surface area contributed by atoms with Crippen molar-refractivity contribution in [3.05, 3.63) is 65.5 Å². The lowest BCUT2D eigenvalue weighted by Crippen LogP contribution is -2.44. The van der Waals surface area contributed by atoms with Gasteiger partial charge in [-0.3, -0.25) is 19.3 Å². The molecule has 8 heteroatoms. The Bertz CT molecular complexity index is 1100. The summed E-state index contributed by atoms with van der Waals surface area (Å²) in [6, 6.07) is 13.5. The third-order valence-electron chi connectivity index (χ3n) is 7.14. The third-order valence-corrected chi connectivity index (χ3v) is 7.14. The third kappa shape index (κ3) is 5.07. The molecule has 2 aromatic rings. The molecule has 0 N–H and O–H groups in total. The molecule has 0 unspecified atom stereocenters. The van der Waals surface area contributed by atoms with Gasteiger partial charge in [0.2, 0.25) is 17.7 Å². The lowest BCUT2D eigenvalue weighted by molar-refractivity contribution is -0.142. The number of hydrogen-bond acceptors (Lipinski definition) is 5. The predicted molar refractivity (Wildman–Crippen MR) is 130 cm³/mol. The van der Waals surface area contributed by atoms with Gasteiger partial charge in [-0.05, 0) is 55.9 Å². The lowest BCUT2D eigenvalue weighted by atomic mass is 9.75. The van der Waals surface area contributed by atoms with Gasteiger partial charge in [0, 0.05) is 44.9 Å². The first-order valence-electron chi connectivity index (χ1n) is 11.9. The van der Waals surface area contributed by atoms with E-state index in [1.165, 1.54) is 17.0 Å². The molecule has 0 aromatic heterocycles. The van der Waals surface area contributed by atoms with E-state index in [0.29, 0.717) is 30.9 Å². The highest BCUT2D eigenvalue weighted by Gasteiger charge is 2.54. The van der Waals surface area contributed by atoms with Crippen LogP contribution in [0.2, 0.25) is 0 Å². The number of carbonyl (C=O) groups excluding carboxylic acids is 3. The van der Waals surface area contributed by atoms with Crippen molar-refractivity contribution in [1.29, 1.82) is 0 Å². The van der Waals surface area contributed by atoms with Crippen LogP contribution < -0.4 is 4.74 Å². The summed E-state index contributed by atoms with van der Waals surface area (Å²) in [6.45, 7) is 1.89. The van der Waals surface area contributed by atoms with Crippen LogP contribution in [-0.2, 0) is 19.8 Å². The molecule has 35 heavy (non-hydrogen) atoms. The molecule has 4 rings (SSSR count). The molecule has 0 radical (unpaired) electrons. The molecular weight excluding hydrogens is 449 g/mol. The fourth-order valence-corrected chi connectivity index (χ4v) is 5.08. The van der Waals surface area contributed by atoms with Crippen LogP contribution in [0.3, 0.4) is 0 Å². The Morgan fingerprint density at radius 2 is 1.91 bits per heavy atom. The molecule has 2 fully saturated rings. The molecule has 2 heterocycles. The maximum absolute atomic E-state index is 13.8. The van der Waals surface area contributed by atoms with Crippen LogP contribution in [0.15, 0.2) is 48.5 Å². The molecule has 0 aliphatic carbocycles. The van der Waals surface area contributed by atoms with Crippen molar-refractivity contribution in [1.82, 2.24) is 14.7 Å². The molecular formula is C27H32FN3O4. The first-order chi connectivity index (χ1) is 16.7. The van der Waals surface area contributed by atoms with Crippen molar-refractivity contribution in [3.63, 3.8) is 0 Å². The molecule has 0 bridgehead atoms. The van der Waals surface area contributed by atoms with Gasteiger partial charge in [-0.2, -0.15) is 0 Å². The van der Waals surface area contributed by atoms with Crippen molar-refractivity contribution in [3.8, 4) is 5.75 Å². The number of benzene rings is 2. The minimum Gasteiger partial charge on any atom is -0.497 e. The maximum Gasteiger partial charge on any atom is 0.240 e. The first-order valence-corrected chi connectivity index (χ1v) is 11.9. The van der Waals surface area contributed by atoms with Crippen molar-refractivity contribution < 1.29 is 23.5 Å². The second kappa shape index (κ2) is 10.2. The number of ether oxygens (including phenoxy) is 1. The Hall–Kier alpha value is -3.26. The standard InChI is InChI=1S/C27H32FN3O4/c1-29(2)13-14-31-25(33)17-27(26(31)34,21-5-4-6-23(15-21)35-3)16-24(32)30-12-11-20(18-30)19-7-9-22(28)10-8-19/h4-10,15,20H,11-14,16-18H2,1-3H3/t20-,27+/m1/s1. The monoisotopic (exact) mass is 481 g/mol. The zero-order chi connectivity index (χ0) is 25.2. The van der Waals surface area contributed by atoms with Crippen LogP contribution in [0, 0.1) is 5.82 Å². The molecule has 2 aliphatic heterocycles. The topological polar surface area (TPSA) is 70.2 Å². The van der Waals surface area contributed by atoms with Gasteiger partial charge in [0.25, 0.3) is 0 Å². The number of nitrogens with zero attached hydrogens (tertiary/aromatic N) is 3. The Morgan fingerprint density at radius 3 is 2.60 bits per heavy atom. The summed E-state index contributed by atoms with van der Waals surface area (Å²) in [5.74, 6) is -0.363. The summed E-state index contributed by atoms with van der Waals surface area (Å²) in [7, 11) is 5.31. The number of amides is 3. The maximum atomic E-state index is 13.8. The van der Waals surface area contributed by atoms with Gasteiger partial charge in [0.05, 0.1) is 12.5 Å². The van der Waals surface area contributed by atoms with Crippen LogP contribution in [0.5, 0.6) is 5.75 Å². The normalized spacial score (nSPS) is 22.4. The number of methoxy groups -OCH3 is 1. The zero-order valence-corrected chi connectivity index (χ0v) is 20.5. The summed E-state index contributed by atoms with van der Waals surface area (Å²) >= 11 is 0. The van der Waals surface area contributed by atoms with Gasteiger partial charge in [-0.15, -0.1) is 0 Å². The molecule has 2 atom stereocenters. The number of carbonyl (C=O) groups is 3. The summed E-state index contributed by atoms with van der Waals surface area (Å²) in [5, 5.41) is 0.